The fraction of sp³-hybridized carbons (Fsp3) is 0.667. The van der Waals surface area contributed by atoms with Gasteiger partial charge in [0, 0.05) is 19.3 Å². The van der Waals surface area contributed by atoms with Crippen molar-refractivity contribution >= 4 is 16.0 Å². The van der Waals surface area contributed by atoms with Crippen LogP contribution in [0.3, 0.4) is 0 Å². The monoisotopic (exact) mass is 301 g/mol. The zero-order valence-corrected chi connectivity index (χ0v) is 12.4. The normalized spacial score (nSPS) is 17.1. The highest BCUT2D eigenvalue weighted by molar-refractivity contribution is 7.89. The van der Waals surface area contributed by atoms with E-state index in [1.165, 1.54) is 6.20 Å². The molecular formula is C12H19N3O4S. The molecule has 0 saturated heterocycles. The summed E-state index contributed by atoms with van der Waals surface area (Å²) in [5.41, 5.74) is -0.923. The van der Waals surface area contributed by atoms with E-state index in [1.807, 2.05) is 6.92 Å². The molecular weight excluding hydrogens is 282 g/mol. The number of hydrogen-bond donors (Lipinski definition) is 2. The van der Waals surface area contributed by atoms with Gasteiger partial charge in [0.2, 0.25) is 0 Å². The third kappa shape index (κ3) is 2.85. The quantitative estimate of drug-likeness (QED) is 0.773. The molecule has 0 aliphatic heterocycles. The van der Waals surface area contributed by atoms with Gasteiger partial charge in [-0.2, -0.15) is 0 Å². The van der Waals surface area contributed by atoms with E-state index >= 15 is 0 Å². The molecule has 1 heterocycles. The molecule has 0 radical (unpaired) electrons. The van der Waals surface area contributed by atoms with Gasteiger partial charge in [-0.15, -0.1) is 0 Å². The van der Waals surface area contributed by atoms with E-state index in [0.717, 1.165) is 6.42 Å². The number of aliphatic carboxylic acids is 1. The van der Waals surface area contributed by atoms with Crippen LogP contribution in [0.5, 0.6) is 0 Å². The molecule has 20 heavy (non-hydrogen) atoms. The average molecular weight is 301 g/mol. The van der Waals surface area contributed by atoms with Crippen molar-refractivity contribution in [3.05, 3.63) is 12.0 Å². The zero-order valence-electron chi connectivity index (χ0n) is 11.6. The second kappa shape index (κ2) is 5.17. The summed E-state index contributed by atoms with van der Waals surface area (Å²) in [6, 6.07) is 0. The molecule has 1 fully saturated rings. The molecule has 0 aromatic carbocycles. The van der Waals surface area contributed by atoms with Crippen LogP contribution in [-0.2, 0) is 21.4 Å². The maximum Gasteiger partial charge on any atom is 0.310 e. The number of aromatic nitrogens is 2. The summed E-state index contributed by atoms with van der Waals surface area (Å²) in [4.78, 5) is 15.1. The number of sulfonamides is 1. The van der Waals surface area contributed by atoms with Crippen LogP contribution in [0.1, 0.15) is 32.0 Å². The summed E-state index contributed by atoms with van der Waals surface area (Å²) in [5.74, 6) is -0.320. The lowest BCUT2D eigenvalue weighted by atomic mass is 10.1. The van der Waals surface area contributed by atoms with Gasteiger partial charge in [-0.1, -0.05) is 6.92 Å². The standard InChI is InChI=1S/C12H19N3O4S/c1-3-6-15-7-10(14-9(15)2)20(18,19)13-8-12(4-5-12)11(16)17/h7,13H,3-6,8H2,1-2H3,(H,16,17). The molecule has 1 aromatic heterocycles. The van der Waals surface area contributed by atoms with Gasteiger partial charge in [-0.3, -0.25) is 4.79 Å². The topological polar surface area (TPSA) is 101 Å². The Bertz CT molecular complexity index is 617. The first-order valence-corrected chi connectivity index (χ1v) is 8.06. The van der Waals surface area contributed by atoms with Crippen molar-refractivity contribution in [2.45, 2.75) is 44.7 Å². The van der Waals surface area contributed by atoms with Gasteiger partial charge in [0.15, 0.2) is 5.03 Å². The number of imidazole rings is 1. The number of hydrogen-bond acceptors (Lipinski definition) is 4. The molecule has 0 spiro atoms. The van der Waals surface area contributed by atoms with Crippen molar-refractivity contribution in [1.29, 1.82) is 0 Å². The summed E-state index contributed by atoms with van der Waals surface area (Å²) in [6.45, 7) is 4.36. The second-order valence-corrected chi connectivity index (χ2v) is 6.94. The van der Waals surface area contributed by atoms with E-state index in [0.29, 0.717) is 25.2 Å². The first kappa shape index (κ1) is 15.0. The van der Waals surface area contributed by atoms with Gasteiger partial charge in [-0.05, 0) is 26.2 Å². The van der Waals surface area contributed by atoms with Gasteiger partial charge < -0.3 is 9.67 Å². The summed E-state index contributed by atoms with van der Waals surface area (Å²) in [5, 5.41) is 8.98. The van der Waals surface area contributed by atoms with Gasteiger partial charge >= 0.3 is 5.97 Å². The summed E-state index contributed by atoms with van der Waals surface area (Å²) in [6.07, 6.45) is 3.38. The van der Waals surface area contributed by atoms with Gasteiger partial charge in [0.25, 0.3) is 10.0 Å². The largest absolute Gasteiger partial charge is 0.481 e. The molecule has 1 aliphatic carbocycles. The third-order valence-corrected chi connectivity index (χ3v) is 4.87. The lowest BCUT2D eigenvalue weighted by Crippen LogP contribution is -2.34. The van der Waals surface area contributed by atoms with Crippen LogP contribution >= 0.6 is 0 Å². The summed E-state index contributed by atoms with van der Waals surface area (Å²) >= 11 is 0. The smallest absolute Gasteiger partial charge is 0.310 e. The van der Waals surface area contributed by atoms with Gasteiger partial charge in [0.05, 0.1) is 5.41 Å². The predicted octanol–water partition coefficient (Wildman–Crippen LogP) is 0.745. The Balaban J connectivity index is 2.11. The molecule has 8 heteroatoms. The second-order valence-electron chi connectivity index (χ2n) is 5.23. The molecule has 0 amide bonds. The highest BCUT2D eigenvalue weighted by Gasteiger charge is 2.50. The van der Waals surface area contributed by atoms with Crippen molar-refractivity contribution in [2.24, 2.45) is 5.41 Å². The maximum absolute atomic E-state index is 12.1. The average Bonchev–Trinajstić information content (AvgIpc) is 3.08. The van der Waals surface area contributed by atoms with E-state index in [2.05, 4.69) is 9.71 Å². The van der Waals surface area contributed by atoms with Gasteiger partial charge in [-0.25, -0.2) is 18.1 Å². The van der Waals surface area contributed by atoms with Crippen molar-refractivity contribution in [3.63, 3.8) is 0 Å². The predicted molar refractivity (Wildman–Crippen MR) is 71.7 cm³/mol. The lowest BCUT2D eigenvalue weighted by molar-refractivity contribution is -0.143. The number of carboxylic acids is 1. The minimum atomic E-state index is -3.75. The van der Waals surface area contributed by atoms with Crippen LogP contribution in [-0.4, -0.2) is 35.6 Å². The minimum Gasteiger partial charge on any atom is -0.481 e. The highest BCUT2D eigenvalue weighted by Crippen LogP contribution is 2.45. The Morgan fingerprint density at radius 1 is 1.55 bits per heavy atom. The molecule has 1 saturated carbocycles. The molecule has 0 bridgehead atoms. The molecule has 0 atom stereocenters. The number of rotatable bonds is 7. The Hall–Kier alpha value is -1.41. The summed E-state index contributed by atoms with van der Waals surface area (Å²) in [7, 11) is -3.75. The van der Waals surface area contributed by atoms with Gasteiger partial charge in [0.1, 0.15) is 5.82 Å². The number of aryl methyl sites for hydroxylation is 2. The Morgan fingerprint density at radius 2 is 2.20 bits per heavy atom. The fourth-order valence-corrected chi connectivity index (χ4v) is 3.13. The van der Waals surface area contributed by atoms with E-state index in [4.69, 9.17) is 5.11 Å². The van der Waals surface area contributed by atoms with Crippen molar-refractivity contribution < 1.29 is 18.3 Å². The van der Waals surface area contributed by atoms with Crippen molar-refractivity contribution in [1.82, 2.24) is 14.3 Å². The first-order valence-electron chi connectivity index (χ1n) is 6.57. The van der Waals surface area contributed by atoms with Crippen molar-refractivity contribution in [2.75, 3.05) is 6.54 Å². The molecule has 2 rings (SSSR count). The Labute approximate surface area is 118 Å². The number of carbonyl (C=O) groups is 1. The molecule has 112 valence electrons. The first-order chi connectivity index (χ1) is 9.31. The van der Waals surface area contributed by atoms with E-state index in [9.17, 15) is 13.2 Å². The zero-order chi connectivity index (χ0) is 15.0. The SMILES string of the molecule is CCCn1cc(S(=O)(=O)NCC2(C(=O)O)CC2)nc1C. The fourth-order valence-electron chi connectivity index (χ4n) is 2.00. The molecule has 1 aromatic rings. The minimum absolute atomic E-state index is 0.0513. The molecule has 0 unspecified atom stereocenters. The van der Waals surface area contributed by atoms with Crippen LogP contribution in [0.4, 0.5) is 0 Å². The lowest BCUT2D eigenvalue weighted by Gasteiger charge is -2.10. The molecule has 2 N–H and O–H groups in total. The van der Waals surface area contributed by atoms with Crippen LogP contribution in [0.15, 0.2) is 11.2 Å². The van der Waals surface area contributed by atoms with E-state index < -0.39 is 21.4 Å². The van der Waals surface area contributed by atoms with Crippen molar-refractivity contribution in [3.8, 4) is 0 Å². The van der Waals surface area contributed by atoms with Crippen LogP contribution < -0.4 is 4.72 Å². The molecule has 7 nitrogen and oxygen atoms in total. The number of carboxylic acid groups (broad SMARTS) is 1. The molecule has 1 aliphatic rings. The third-order valence-electron chi connectivity index (χ3n) is 3.60. The maximum atomic E-state index is 12.1. The Morgan fingerprint density at radius 3 is 2.70 bits per heavy atom. The van der Waals surface area contributed by atoms with E-state index in [1.54, 1.807) is 11.5 Å². The van der Waals surface area contributed by atoms with Crippen LogP contribution in [0.25, 0.3) is 0 Å². The Kier molecular flexibility index (Phi) is 3.88. The number of nitrogens with zero attached hydrogens (tertiary/aromatic N) is 2. The van der Waals surface area contributed by atoms with E-state index in [-0.39, 0.29) is 11.6 Å². The number of nitrogens with one attached hydrogen (secondary N) is 1. The van der Waals surface area contributed by atoms with Crippen LogP contribution in [0, 0.1) is 12.3 Å². The summed E-state index contributed by atoms with van der Waals surface area (Å²) < 4.78 is 28.4. The highest BCUT2D eigenvalue weighted by atomic mass is 32.2. The van der Waals surface area contributed by atoms with Crippen LogP contribution in [0.2, 0.25) is 0 Å².